The van der Waals surface area contributed by atoms with Crippen molar-refractivity contribution < 1.29 is 22.7 Å². The highest BCUT2D eigenvalue weighted by molar-refractivity contribution is 7.92. The summed E-state index contributed by atoms with van der Waals surface area (Å²) in [6, 6.07) is 4.87. The number of benzene rings is 1. The van der Waals surface area contributed by atoms with Gasteiger partial charge in [0, 0.05) is 25.1 Å². The zero-order valence-corrected chi connectivity index (χ0v) is 14.9. The fraction of sp³-hybridized carbons (Fsp3) is 0.533. The Bertz CT molecular complexity index is 643. The van der Waals surface area contributed by atoms with Crippen LogP contribution in [-0.4, -0.2) is 47.4 Å². The zero-order valence-electron chi connectivity index (χ0n) is 14.1. The Morgan fingerprint density at radius 2 is 1.91 bits per heavy atom. The Labute approximate surface area is 137 Å². The van der Waals surface area contributed by atoms with Crippen LogP contribution in [0.15, 0.2) is 18.2 Å². The van der Waals surface area contributed by atoms with Crippen molar-refractivity contribution in [1.82, 2.24) is 5.32 Å². The maximum Gasteiger partial charge on any atom is 0.232 e. The topological polar surface area (TPSA) is 84.9 Å². The van der Waals surface area contributed by atoms with Crippen molar-refractivity contribution in [2.24, 2.45) is 0 Å². The molecule has 0 aliphatic heterocycles. The van der Waals surface area contributed by atoms with Gasteiger partial charge in [0.05, 0.1) is 26.2 Å². The standard InChI is InChI=1S/C15H24N2O5S/c1-11(2)16-15(18)8-9-17(23(5,19)20)13-10-12(21-3)6-7-14(13)22-4/h6-7,10-11H,8-9H2,1-5H3,(H,16,18). The highest BCUT2D eigenvalue weighted by Gasteiger charge is 2.22. The molecule has 0 saturated heterocycles. The summed E-state index contributed by atoms with van der Waals surface area (Å²) >= 11 is 0. The Kier molecular flexibility index (Phi) is 6.68. The summed E-state index contributed by atoms with van der Waals surface area (Å²) in [5.74, 6) is 0.678. The number of nitrogens with zero attached hydrogens (tertiary/aromatic N) is 1. The van der Waals surface area contributed by atoms with Crippen molar-refractivity contribution in [3.8, 4) is 11.5 Å². The summed E-state index contributed by atoms with van der Waals surface area (Å²) in [7, 11) is -0.634. The van der Waals surface area contributed by atoms with Crippen molar-refractivity contribution in [3.05, 3.63) is 18.2 Å². The molecule has 0 bridgehead atoms. The minimum absolute atomic E-state index is 0.000499. The number of amides is 1. The number of hydrogen-bond acceptors (Lipinski definition) is 5. The summed E-state index contributed by atoms with van der Waals surface area (Å²) < 4.78 is 35.8. The smallest absolute Gasteiger partial charge is 0.232 e. The number of hydrogen-bond donors (Lipinski definition) is 1. The summed E-state index contributed by atoms with van der Waals surface area (Å²) in [5, 5.41) is 2.74. The molecule has 0 aliphatic rings. The maximum absolute atomic E-state index is 12.1. The molecule has 1 aromatic rings. The van der Waals surface area contributed by atoms with E-state index < -0.39 is 10.0 Å². The van der Waals surface area contributed by atoms with E-state index in [1.54, 1.807) is 18.2 Å². The van der Waals surface area contributed by atoms with Crippen LogP contribution >= 0.6 is 0 Å². The van der Waals surface area contributed by atoms with Crippen molar-refractivity contribution in [2.45, 2.75) is 26.3 Å². The fourth-order valence-electron chi connectivity index (χ4n) is 2.05. The van der Waals surface area contributed by atoms with Crippen molar-refractivity contribution in [1.29, 1.82) is 0 Å². The van der Waals surface area contributed by atoms with E-state index in [9.17, 15) is 13.2 Å². The first-order valence-corrected chi connectivity index (χ1v) is 9.03. The number of carbonyl (C=O) groups is 1. The average molecular weight is 344 g/mol. The Balaban J connectivity index is 3.11. The molecule has 0 radical (unpaired) electrons. The number of sulfonamides is 1. The number of ether oxygens (including phenoxy) is 2. The Hall–Kier alpha value is -1.96. The SMILES string of the molecule is COc1ccc(OC)c(N(CCC(=O)NC(C)C)S(C)(=O)=O)c1. The van der Waals surface area contributed by atoms with Gasteiger partial charge in [0.25, 0.3) is 0 Å². The number of anilines is 1. The molecule has 7 nitrogen and oxygen atoms in total. The van der Waals surface area contributed by atoms with Crippen LogP contribution in [0.1, 0.15) is 20.3 Å². The lowest BCUT2D eigenvalue weighted by Gasteiger charge is -2.24. The van der Waals surface area contributed by atoms with Gasteiger partial charge in [-0.1, -0.05) is 0 Å². The molecule has 1 aromatic carbocycles. The van der Waals surface area contributed by atoms with Crippen LogP contribution in [0, 0.1) is 0 Å². The molecule has 0 aromatic heterocycles. The van der Waals surface area contributed by atoms with Crippen LogP contribution < -0.4 is 19.1 Å². The lowest BCUT2D eigenvalue weighted by atomic mass is 10.2. The molecule has 8 heteroatoms. The Morgan fingerprint density at radius 3 is 2.39 bits per heavy atom. The third kappa shape index (κ3) is 5.63. The van der Waals surface area contributed by atoms with E-state index in [2.05, 4.69) is 5.32 Å². The summed E-state index contributed by atoms with van der Waals surface area (Å²) in [6.45, 7) is 3.70. The van der Waals surface area contributed by atoms with E-state index >= 15 is 0 Å². The predicted octanol–water partition coefficient (Wildman–Crippen LogP) is 1.38. The minimum atomic E-state index is -3.58. The predicted molar refractivity (Wildman–Crippen MR) is 89.6 cm³/mol. The number of rotatable bonds is 8. The van der Waals surface area contributed by atoms with E-state index in [4.69, 9.17) is 9.47 Å². The molecule has 1 N–H and O–H groups in total. The molecule has 23 heavy (non-hydrogen) atoms. The Morgan fingerprint density at radius 1 is 1.26 bits per heavy atom. The molecule has 0 atom stereocenters. The fourth-order valence-corrected chi connectivity index (χ4v) is 2.98. The van der Waals surface area contributed by atoms with E-state index in [0.29, 0.717) is 17.2 Å². The van der Waals surface area contributed by atoms with E-state index in [-0.39, 0.29) is 24.9 Å². The van der Waals surface area contributed by atoms with Gasteiger partial charge in [-0.2, -0.15) is 0 Å². The molecule has 0 unspecified atom stereocenters. The first-order chi connectivity index (χ1) is 10.7. The molecular weight excluding hydrogens is 320 g/mol. The van der Waals surface area contributed by atoms with Crippen molar-refractivity contribution >= 4 is 21.6 Å². The van der Waals surface area contributed by atoms with Gasteiger partial charge in [-0.15, -0.1) is 0 Å². The van der Waals surface area contributed by atoms with Gasteiger partial charge in [0.1, 0.15) is 11.5 Å². The van der Waals surface area contributed by atoms with Crippen LogP contribution in [0.3, 0.4) is 0 Å². The molecule has 0 heterocycles. The van der Waals surface area contributed by atoms with Gasteiger partial charge in [0.2, 0.25) is 15.9 Å². The van der Waals surface area contributed by atoms with Crippen LogP contribution in [-0.2, 0) is 14.8 Å². The molecule has 0 fully saturated rings. The second kappa shape index (κ2) is 8.05. The molecule has 1 amide bonds. The largest absolute Gasteiger partial charge is 0.497 e. The van der Waals surface area contributed by atoms with Crippen LogP contribution in [0.2, 0.25) is 0 Å². The summed E-state index contributed by atoms with van der Waals surface area (Å²) in [4.78, 5) is 11.8. The van der Waals surface area contributed by atoms with Crippen LogP contribution in [0.25, 0.3) is 0 Å². The van der Waals surface area contributed by atoms with E-state index in [1.807, 2.05) is 13.8 Å². The number of methoxy groups -OCH3 is 2. The molecular formula is C15H24N2O5S. The van der Waals surface area contributed by atoms with Crippen molar-refractivity contribution in [3.63, 3.8) is 0 Å². The van der Waals surface area contributed by atoms with Gasteiger partial charge in [0.15, 0.2) is 0 Å². The third-order valence-corrected chi connectivity index (χ3v) is 4.23. The molecule has 130 valence electrons. The highest BCUT2D eigenvalue weighted by atomic mass is 32.2. The third-order valence-electron chi connectivity index (χ3n) is 3.05. The van der Waals surface area contributed by atoms with Crippen LogP contribution in [0.5, 0.6) is 11.5 Å². The zero-order chi connectivity index (χ0) is 17.6. The first kappa shape index (κ1) is 19.1. The highest BCUT2D eigenvalue weighted by Crippen LogP contribution is 2.33. The number of nitrogens with one attached hydrogen (secondary N) is 1. The van der Waals surface area contributed by atoms with Gasteiger partial charge in [-0.3, -0.25) is 9.10 Å². The lowest BCUT2D eigenvalue weighted by Crippen LogP contribution is -2.36. The van der Waals surface area contributed by atoms with Gasteiger partial charge < -0.3 is 14.8 Å². The summed E-state index contributed by atoms with van der Waals surface area (Å²) in [5.41, 5.74) is 0.340. The quantitative estimate of drug-likeness (QED) is 0.770. The van der Waals surface area contributed by atoms with E-state index in [1.165, 1.54) is 14.2 Å². The van der Waals surface area contributed by atoms with Crippen molar-refractivity contribution in [2.75, 3.05) is 31.3 Å². The maximum atomic E-state index is 12.1. The molecule has 1 rings (SSSR count). The lowest BCUT2D eigenvalue weighted by molar-refractivity contribution is -0.121. The molecule has 0 saturated carbocycles. The van der Waals surface area contributed by atoms with Gasteiger partial charge in [-0.05, 0) is 26.0 Å². The average Bonchev–Trinajstić information content (AvgIpc) is 2.45. The second-order valence-electron chi connectivity index (χ2n) is 5.35. The minimum Gasteiger partial charge on any atom is -0.497 e. The van der Waals surface area contributed by atoms with Gasteiger partial charge in [-0.25, -0.2) is 8.42 Å². The summed E-state index contributed by atoms with van der Waals surface area (Å²) in [6.07, 6.45) is 1.14. The second-order valence-corrected chi connectivity index (χ2v) is 7.25. The van der Waals surface area contributed by atoms with E-state index in [0.717, 1.165) is 10.6 Å². The monoisotopic (exact) mass is 344 g/mol. The first-order valence-electron chi connectivity index (χ1n) is 7.18. The normalized spacial score (nSPS) is 11.2. The van der Waals surface area contributed by atoms with Gasteiger partial charge >= 0.3 is 0 Å². The molecule has 0 aliphatic carbocycles. The molecule has 0 spiro atoms. The van der Waals surface area contributed by atoms with Crippen LogP contribution in [0.4, 0.5) is 5.69 Å². The number of carbonyl (C=O) groups excluding carboxylic acids is 1.